The van der Waals surface area contributed by atoms with E-state index in [1.165, 1.54) is 17.3 Å². The van der Waals surface area contributed by atoms with Crippen LogP contribution in [0.5, 0.6) is 0 Å². The molecule has 0 saturated carbocycles. The molecule has 1 N–H and O–H groups in total. The monoisotopic (exact) mass is 392 g/mol. The van der Waals surface area contributed by atoms with Gasteiger partial charge in [0.25, 0.3) is 11.1 Å². The van der Waals surface area contributed by atoms with Crippen molar-refractivity contribution in [2.24, 2.45) is 7.05 Å². The van der Waals surface area contributed by atoms with E-state index < -0.39 is 0 Å². The zero-order valence-electron chi connectivity index (χ0n) is 15.5. The van der Waals surface area contributed by atoms with Crippen LogP contribution in [0.3, 0.4) is 0 Å². The minimum absolute atomic E-state index is 0.0507. The number of hydrogen-bond acceptors (Lipinski definition) is 5. The molecule has 0 aliphatic rings. The molecule has 4 rings (SSSR count). The van der Waals surface area contributed by atoms with Crippen molar-refractivity contribution < 1.29 is 9.21 Å². The average Bonchev–Trinajstić information content (AvgIpc) is 3.32. The SMILES string of the molecule is Cn1c(-c2nnc(SCC(=O)NCCc3ccccc3)o2)cc2ccccc21. The molecule has 0 atom stereocenters. The Balaban J connectivity index is 1.32. The van der Waals surface area contributed by atoms with Gasteiger partial charge in [-0.05, 0) is 24.1 Å². The van der Waals surface area contributed by atoms with Crippen LogP contribution in [0.1, 0.15) is 5.56 Å². The number of aryl methyl sites for hydroxylation is 1. The Morgan fingerprint density at radius 3 is 2.71 bits per heavy atom. The maximum Gasteiger partial charge on any atom is 0.277 e. The standard InChI is InChI=1S/C21H20N4O2S/c1-25-17-10-6-5-9-16(17)13-18(25)20-23-24-21(27-20)28-14-19(26)22-12-11-15-7-3-2-4-8-15/h2-10,13H,11-12,14H2,1H3,(H,22,26). The van der Waals surface area contributed by atoms with Crippen molar-refractivity contribution in [3.05, 3.63) is 66.2 Å². The summed E-state index contributed by atoms with van der Waals surface area (Å²) >= 11 is 1.24. The van der Waals surface area contributed by atoms with E-state index in [9.17, 15) is 4.79 Å². The topological polar surface area (TPSA) is 73.0 Å². The lowest BCUT2D eigenvalue weighted by atomic mass is 10.1. The van der Waals surface area contributed by atoms with Gasteiger partial charge in [-0.15, -0.1) is 10.2 Å². The van der Waals surface area contributed by atoms with Gasteiger partial charge in [0.05, 0.1) is 5.75 Å². The quantitative estimate of drug-likeness (QED) is 0.486. The van der Waals surface area contributed by atoms with E-state index >= 15 is 0 Å². The molecule has 2 aromatic carbocycles. The fraction of sp³-hybridized carbons (Fsp3) is 0.190. The zero-order valence-corrected chi connectivity index (χ0v) is 16.3. The fourth-order valence-electron chi connectivity index (χ4n) is 3.03. The molecule has 0 aliphatic carbocycles. The second kappa shape index (κ2) is 8.31. The molecule has 7 heteroatoms. The summed E-state index contributed by atoms with van der Waals surface area (Å²) in [6.45, 7) is 0.606. The Kier molecular flexibility index (Phi) is 5.43. The molecule has 2 aromatic heterocycles. The summed E-state index contributed by atoms with van der Waals surface area (Å²) in [4.78, 5) is 12.0. The maximum absolute atomic E-state index is 12.0. The predicted octanol–water partition coefficient (Wildman–Crippen LogP) is 3.68. The lowest BCUT2D eigenvalue weighted by molar-refractivity contribution is -0.118. The van der Waals surface area contributed by atoms with Crippen LogP contribution in [0.15, 0.2) is 70.3 Å². The summed E-state index contributed by atoms with van der Waals surface area (Å²) in [6.07, 6.45) is 0.809. The Morgan fingerprint density at radius 2 is 1.89 bits per heavy atom. The summed E-state index contributed by atoms with van der Waals surface area (Å²) in [5, 5.41) is 12.6. The van der Waals surface area contributed by atoms with Crippen molar-refractivity contribution in [1.82, 2.24) is 20.1 Å². The van der Waals surface area contributed by atoms with E-state index in [2.05, 4.69) is 15.5 Å². The predicted molar refractivity (Wildman–Crippen MR) is 110 cm³/mol. The van der Waals surface area contributed by atoms with Crippen LogP contribution < -0.4 is 5.32 Å². The smallest absolute Gasteiger partial charge is 0.277 e. The number of para-hydroxylation sites is 1. The van der Waals surface area contributed by atoms with Crippen molar-refractivity contribution in [1.29, 1.82) is 0 Å². The Hall–Kier alpha value is -3.06. The van der Waals surface area contributed by atoms with E-state index in [1.807, 2.05) is 72.3 Å². The van der Waals surface area contributed by atoms with Gasteiger partial charge in [-0.25, -0.2) is 0 Å². The van der Waals surface area contributed by atoms with Crippen LogP contribution in [0, 0.1) is 0 Å². The van der Waals surface area contributed by atoms with Gasteiger partial charge in [-0.2, -0.15) is 0 Å². The van der Waals surface area contributed by atoms with Crippen LogP contribution in [0.2, 0.25) is 0 Å². The first-order chi connectivity index (χ1) is 13.7. The minimum atomic E-state index is -0.0507. The largest absolute Gasteiger partial charge is 0.410 e. The van der Waals surface area contributed by atoms with Crippen LogP contribution in [0.4, 0.5) is 0 Å². The molecular formula is C21H20N4O2S. The second-order valence-corrected chi connectivity index (χ2v) is 7.32. The van der Waals surface area contributed by atoms with Crippen LogP contribution in [-0.4, -0.2) is 33.0 Å². The van der Waals surface area contributed by atoms with E-state index in [1.54, 1.807) is 0 Å². The van der Waals surface area contributed by atoms with Crippen LogP contribution in [-0.2, 0) is 18.3 Å². The number of thioether (sulfide) groups is 1. The Bertz CT molecular complexity index is 1090. The lowest BCUT2D eigenvalue weighted by Gasteiger charge is -2.04. The summed E-state index contributed by atoms with van der Waals surface area (Å²) in [5.74, 6) is 0.641. The third-order valence-electron chi connectivity index (χ3n) is 4.48. The van der Waals surface area contributed by atoms with Gasteiger partial charge in [-0.1, -0.05) is 60.3 Å². The molecule has 0 radical (unpaired) electrons. The van der Waals surface area contributed by atoms with E-state index in [4.69, 9.17) is 4.42 Å². The van der Waals surface area contributed by atoms with Crippen molar-refractivity contribution in [2.45, 2.75) is 11.6 Å². The van der Waals surface area contributed by atoms with Gasteiger partial charge >= 0.3 is 0 Å². The number of carbonyl (C=O) groups is 1. The Morgan fingerprint density at radius 1 is 1.11 bits per heavy atom. The molecule has 0 aliphatic heterocycles. The van der Waals surface area contributed by atoms with E-state index in [0.29, 0.717) is 17.7 Å². The minimum Gasteiger partial charge on any atom is -0.410 e. The van der Waals surface area contributed by atoms with Crippen molar-refractivity contribution in [3.63, 3.8) is 0 Å². The summed E-state index contributed by atoms with van der Waals surface area (Å²) in [6, 6.07) is 20.2. The summed E-state index contributed by atoms with van der Waals surface area (Å²) < 4.78 is 7.77. The van der Waals surface area contributed by atoms with Gasteiger partial charge in [-0.3, -0.25) is 4.79 Å². The van der Waals surface area contributed by atoms with E-state index in [-0.39, 0.29) is 11.7 Å². The molecule has 142 valence electrons. The number of amides is 1. The number of fused-ring (bicyclic) bond motifs is 1. The first kappa shape index (κ1) is 18.3. The van der Waals surface area contributed by atoms with Crippen LogP contribution in [0.25, 0.3) is 22.5 Å². The number of nitrogens with zero attached hydrogens (tertiary/aromatic N) is 3. The highest BCUT2D eigenvalue weighted by Gasteiger charge is 2.15. The molecule has 1 amide bonds. The van der Waals surface area contributed by atoms with Crippen LogP contribution >= 0.6 is 11.8 Å². The van der Waals surface area contributed by atoms with Gasteiger partial charge in [0.15, 0.2) is 0 Å². The molecule has 2 heterocycles. The number of rotatable bonds is 7. The number of nitrogens with one attached hydrogen (secondary N) is 1. The third-order valence-corrected chi connectivity index (χ3v) is 5.30. The number of hydrogen-bond donors (Lipinski definition) is 1. The molecule has 0 fully saturated rings. The summed E-state index contributed by atoms with van der Waals surface area (Å²) in [7, 11) is 1.97. The fourth-order valence-corrected chi connectivity index (χ4v) is 3.63. The number of carbonyl (C=O) groups excluding carboxylic acids is 1. The molecular weight excluding hydrogens is 372 g/mol. The summed E-state index contributed by atoms with van der Waals surface area (Å²) in [5.41, 5.74) is 3.16. The highest BCUT2D eigenvalue weighted by molar-refractivity contribution is 7.99. The van der Waals surface area contributed by atoms with Gasteiger partial charge in [0.1, 0.15) is 5.69 Å². The lowest BCUT2D eigenvalue weighted by Crippen LogP contribution is -2.27. The highest BCUT2D eigenvalue weighted by Crippen LogP contribution is 2.28. The first-order valence-corrected chi connectivity index (χ1v) is 10.0. The van der Waals surface area contributed by atoms with Crippen molar-refractivity contribution >= 4 is 28.6 Å². The average molecular weight is 392 g/mol. The third kappa shape index (κ3) is 4.09. The number of benzene rings is 2. The molecule has 6 nitrogen and oxygen atoms in total. The second-order valence-electron chi connectivity index (χ2n) is 6.39. The normalized spacial score (nSPS) is 11.0. The Labute approximate surface area is 167 Å². The molecule has 0 spiro atoms. The molecule has 0 bridgehead atoms. The van der Waals surface area contributed by atoms with E-state index in [0.717, 1.165) is 23.0 Å². The van der Waals surface area contributed by atoms with Gasteiger partial charge in [0, 0.05) is 24.5 Å². The molecule has 28 heavy (non-hydrogen) atoms. The van der Waals surface area contributed by atoms with Crippen molar-refractivity contribution in [3.8, 4) is 11.6 Å². The highest BCUT2D eigenvalue weighted by atomic mass is 32.2. The molecule has 4 aromatic rings. The number of aromatic nitrogens is 3. The van der Waals surface area contributed by atoms with Gasteiger partial charge < -0.3 is 14.3 Å². The molecule has 0 saturated heterocycles. The first-order valence-electron chi connectivity index (χ1n) is 9.02. The maximum atomic E-state index is 12.0. The van der Waals surface area contributed by atoms with Crippen molar-refractivity contribution in [2.75, 3.05) is 12.3 Å². The zero-order chi connectivity index (χ0) is 19.3. The molecule has 0 unspecified atom stereocenters. The van der Waals surface area contributed by atoms with Gasteiger partial charge in [0.2, 0.25) is 5.91 Å².